The number of aromatic carboxylic acids is 1. The zero-order valence-electron chi connectivity index (χ0n) is 8.65. The summed E-state index contributed by atoms with van der Waals surface area (Å²) in [5, 5.41) is 9.40. The molecule has 0 saturated heterocycles. The summed E-state index contributed by atoms with van der Waals surface area (Å²) in [5.74, 6) is -1.50. The fraction of sp³-hybridized carbons (Fsp3) is 0. The molecule has 0 amide bonds. The summed E-state index contributed by atoms with van der Waals surface area (Å²) in [7, 11) is 0. The maximum atomic E-state index is 13.1. The van der Waals surface area contributed by atoms with Crippen LogP contribution in [0, 0.1) is 5.82 Å². The highest BCUT2D eigenvalue weighted by Crippen LogP contribution is 2.27. The monoisotopic (exact) mass is 250 g/mol. The van der Waals surface area contributed by atoms with Crippen LogP contribution >= 0.6 is 11.6 Å². The fourth-order valence-electron chi connectivity index (χ4n) is 1.60. The highest BCUT2D eigenvalue weighted by molar-refractivity contribution is 6.31. The van der Waals surface area contributed by atoms with Crippen LogP contribution in [0.3, 0.4) is 0 Å². The first kappa shape index (κ1) is 11.6. The van der Waals surface area contributed by atoms with Crippen molar-refractivity contribution < 1.29 is 14.3 Å². The lowest BCUT2D eigenvalue weighted by atomic mass is 10.00. The van der Waals surface area contributed by atoms with Crippen LogP contribution in [0.5, 0.6) is 0 Å². The van der Waals surface area contributed by atoms with Crippen molar-refractivity contribution >= 4 is 17.6 Å². The fourth-order valence-corrected chi connectivity index (χ4v) is 1.77. The molecule has 2 nitrogen and oxygen atoms in total. The second kappa shape index (κ2) is 4.55. The van der Waals surface area contributed by atoms with Gasteiger partial charge in [-0.25, -0.2) is 9.18 Å². The lowest BCUT2D eigenvalue weighted by molar-refractivity contribution is 0.0697. The summed E-state index contributed by atoms with van der Waals surface area (Å²) in [6.07, 6.45) is 0. The molecule has 4 heteroatoms. The molecule has 0 unspecified atom stereocenters. The molecule has 2 aromatic carbocycles. The normalized spacial score (nSPS) is 10.2. The van der Waals surface area contributed by atoms with Crippen molar-refractivity contribution in [1.29, 1.82) is 0 Å². The number of carboxylic acids is 1. The molecule has 0 bridgehead atoms. The average Bonchev–Trinajstić information content (AvgIpc) is 2.28. The van der Waals surface area contributed by atoms with E-state index >= 15 is 0 Å². The summed E-state index contributed by atoms with van der Waals surface area (Å²) >= 11 is 5.74. The SMILES string of the molecule is O=C(O)c1cc(Cl)ccc1-c1cccc(F)c1. The van der Waals surface area contributed by atoms with Crippen molar-refractivity contribution in [3.63, 3.8) is 0 Å². The summed E-state index contributed by atoms with van der Waals surface area (Å²) in [5.41, 5.74) is 1.02. The maximum absolute atomic E-state index is 13.1. The number of carboxylic acid groups (broad SMARTS) is 1. The van der Waals surface area contributed by atoms with Crippen LogP contribution in [-0.2, 0) is 0 Å². The molecule has 2 rings (SSSR count). The third kappa shape index (κ3) is 2.45. The van der Waals surface area contributed by atoms with Gasteiger partial charge >= 0.3 is 5.97 Å². The van der Waals surface area contributed by atoms with Crippen molar-refractivity contribution in [2.45, 2.75) is 0 Å². The van der Waals surface area contributed by atoms with Gasteiger partial charge in [-0.05, 0) is 35.4 Å². The highest BCUT2D eigenvalue weighted by atomic mass is 35.5. The third-order valence-electron chi connectivity index (χ3n) is 2.35. The van der Waals surface area contributed by atoms with Gasteiger partial charge < -0.3 is 5.11 Å². The number of rotatable bonds is 2. The Morgan fingerprint density at radius 1 is 1.18 bits per heavy atom. The zero-order chi connectivity index (χ0) is 12.4. The second-order valence-corrected chi connectivity index (χ2v) is 3.94. The van der Waals surface area contributed by atoms with E-state index in [1.54, 1.807) is 18.2 Å². The van der Waals surface area contributed by atoms with E-state index < -0.39 is 11.8 Å². The molecule has 0 saturated carbocycles. The number of benzene rings is 2. The Balaban J connectivity index is 2.63. The standard InChI is InChI=1S/C13H8ClFO2/c14-9-4-5-11(12(7-9)13(16)17)8-2-1-3-10(15)6-8/h1-7H,(H,16,17). The van der Waals surface area contributed by atoms with Gasteiger partial charge in [0.2, 0.25) is 0 Å². The van der Waals surface area contributed by atoms with E-state index in [9.17, 15) is 9.18 Å². The molecule has 0 fully saturated rings. The molecule has 0 atom stereocenters. The molecule has 0 radical (unpaired) electrons. The third-order valence-corrected chi connectivity index (χ3v) is 2.58. The lowest BCUT2D eigenvalue weighted by Crippen LogP contribution is -1.99. The van der Waals surface area contributed by atoms with Gasteiger partial charge in [0.25, 0.3) is 0 Å². The van der Waals surface area contributed by atoms with Gasteiger partial charge in [0.1, 0.15) is 5.82 Å². The topological polar surface area (TPSA) is 37.3 Å². The van der Waals surface area contributed by atoms with Crippen LogP contribution in [0.15, 0.2) is 42.5 Å². The lowest BCUT2D eigenvalue weighted by Gasteiger charge is -2.06. The van der Waals surface area contributed by atoms with Gasteiger partial charge in [-0.15, -0.1) is 0 Å². The number of hydrogen-bond donors (Lipinski definition) is 1. The van der Waals surface area contributed by atoms with E-state index in [0.29, 0.717) is 16.1 Å². The summed E-state index contributed by atoms with van der Waals surface area (Å²) in [6, 6.07) is 10.3. The van der Waals surface area contributed by atoms with E-state index in [4.69, 9.17) is 16.7 Å². The molecule has 0 aromatic heterocycles. The van der Waals surface area contributed by atoms with Gasteiger partial charge in [0.05, 0.1) is 5.56 Å². The van der Waals surface area contributed by atoms with Crippen molar-refractivity contribution in [1.82, 2.24) is 0 Å². The molecule has 17 heavy (non-hydrogen) atoms. The minimum atomic E-state index is -1.09. The molecule has 0 aliphatic heterocycles. The van der Waals surface area contributed by atoms with Gasteiger partial charge in [0, 0.05) is 5.02 Å². The average molecular weight is 251 g/mol. The number of halogens is 2. The van der Waals surface area contributed by atoms with Crippen LogP contribution in [0.1, 0.15) is 10.4 Å². The predicted molar refractivity (Wildman–Crippen MR) is 63.8 cm³/mol. The van der Waals surface area contributed by atoms with Gasteiger partial charge in [-0.2, -0.15) is 0 Å². The number of hydrogen-bond acceptors (Lipinski definition) is 1. The van der Waals surface area contributed by atoms with Crippen LogP contribution in [0.4, 0.5) is 4.39 Å². The summed E-state index contributed by atoms with van der Waals surface area (Å²) < 4.78 is 13.1. The molecular weight excluding hydrogens is 243 g/mol. The van der Waals surface area contributed by atoms with Crippen LogP contribution in [0.25, 0.3) is 11.1 Å². The highest BCUT2D eigenvalue weighted by Gasteiger charge is 2.12. The predicted octanol–water partition coefficient (Wildman–Crippen LogP) is 3.84. The Kier molecular flexibility index (Phi) is 3.11. The van der Waals surface area contributed by atoms with E-state index in [1.165, 1.54) is 24.3 Å². The first-order valence-electron chi connectivity index (χ1n) is 4.87. The van der Waals surface area contributed by atoms with Crippen LogP contribution < -0.4 is 0 Å². The van der Waals surface area contributed by atoms with Crippen molar-refractivity contribution in [3.8, 4) is 11.1 Å². The van der Waals surface area contributed by atoms with E-state index in [-0.39, 0.29) is 5.56 Å². The van der Waals surface area contributed by atoms with E-state index in [1.807, 2.05) is 0 Å². The Bertz CT molecular complexity index is 581. The summed E-state index contributed by atoms with van der Waals surface area (Å²) in [6.45, 7) is 0. The van der Waals surface area contributed by atoms with Gasteiger partial charge in [-0.3, -0.25) is 0 Å². The molecular formula is C13H8ClFO2. The smallest absolute Gasteiger partial charge is 0.336 e. The quantitative estimate of drug-likeness (QED) is 0.879. The molecule has 86 valence electrons. The molecule has 2 aromatic rings. The van der Waals surface area contributed by atoms with Gasteiger partial charge in [0.15, 0.2) is 0 Å². The Hall–Kier alpha value is -1.87. The van der Waals surface area contributed by atoms with Crippen LogP contribution in [-0.4, -0.2) is 11.1 Å². The minimum absolute atomic E-state index is 0.0584. The maximum Gasteiger partial charge on any atom is 0.336 e. The van der Waals surface area contributed by atoms with E-state index in [2.05, 4.69) is 0 Å². The first-order chi connectivity index (χ1) is 8.08. The van der Waals surface area contributed by atoms with Crippen molar-refractivity contribution in [2.75, 3.05) is 0 Å². The molecule has 0 heterocycles. The Labute approximate surface area is 102 Å². The largest absolute Gasteiger partial charge is 0.478 e. The molecule has 0 spiro atoms. The number of carbonyl (C=O) groups is 1. The van der Waals surface area contributed by atoms with Crippen molar-refractivity contribution in [3.05, 3.63) is 58.9 Å². The van der Waals surface area contributed by atoms with Crippen LogP contribution in [0.2, 0.25) is 5.02 Å². The zero-order valence-corrected chi connectivity index (χ0v) is 9.41. The minimum Gasteiger partial charge on any atom is -0.478 e. The Morgan fingerprint density at radius 3 is 2.59 bits per heavy atom. The summed E-state index contributed by atoms with van der Waals surface area (Å²) in [4.78, 5) is 11.1. The van der Waals surface area contributed by atoms with Gasteiger partial charge in [-0.1, -0.05) is 29.8 Å². The van der Waals surface area contributed by atoms with E-state index in [0.717, 1.165) is 0 Å². The molecule has 1 N–H and O–H groups in total. The second-order valence-electron chi connectivity index (χ2n) is 3.51. The van der Waals surface area contributed by atoms with Crippen molar-refractivity contribution in [2.24, 2.45) is 0 Å². The Morgan fingerprint density at radius 2 is 1.94 bits per heavy atom. The molecule has 0 aliphatic carbocycles. The molecule has 0 aliphatic rings. The first-order valence-corrected chi connectivity index (χ1v) is 5.24.